The second kappa shape index (κ2) is 4.65. The maximum absolute atomic E-state index is 6.89. The van der Waals surface area contributed by atoms with E-state index in [-0.39, 0.29) is 0 Å². The Kier molecular flexibility index (Phi) is 2.74. The molecule has 0 saturated carbocycles. The van der Waals surface area contributed by atoms with Crippen LogP contribution < -0.4 is 13.2 Å². The number of para-hydroxylation sites is 2. The number of hydrogen-bond acceptors (Lipinski definition) is 3. The average molecular weight is 351 g/mol. The van der Waals surface area contributed by atoms with Crippen molar-refractivity contribution in [1.29, 1.82) is 0 Å². The fraction of sp³-hybridized carbons (Fsp3) is 0.105. The Hall–Kier alpha value is -2.24. The third-order valence-corrected chi connectivity index (χ3v) is 13.5. The molecule has 2 aromatic carbocycles. The van der Waals surface area contributed by atoms with Crippen LogP contribution in [-0.4, -0.2) is 7.07 Å². The molecule has 2 aliphatic rings. The zero-order valence-corrected chi connectivity index (χ0v) is 15.2. The first-order valence-corrected chi connectivity index (χ1v) is 12.5. The molecule has 0 fully saturated rings. The van der Waals surface area contributed by atoms with Gasteiger partial charge in [-0.2, -0.15) is 0 Å². The molecule has 24 heavy (non-hydrogen) atoms. The summed E-state index contributed by atoms with van der Waals surface area (Å²) in [5.74, 6) is 0.933. The van der Waals surface area contributed by atoms with Crippen LogP contribution in [0.1, 0.15) is 5.69 Å². The van der Waals surface area contributed by atoms with Gasteiger partial charge in [-0.25, -0.2) is 0 Å². The monoisotopic (exact) mass is 350 g/mol. The number of aromatic nitrogens is 1. The molecule has 0 amide bonds. The number of anilines is 1. The van der Waals surface area contributed by atoms with Crippen LogP contribution in [-0.2, 0) is 6.54 Å². The summed E-state index contributed by atoms with van der Waals surface area (Å²) in [5.41, 5.74) is 2.60. The summed E-state index contributed by atoms with van der Waals surface area (Å²) in [4.78, 5) is 1.31. The van der Waals surface area contributed by atoms with Crippen molar-refractivity contribution >= 4 is 24.0 Å². The second-order valence-corrected chi connectivity index (χ2v) is 14.6. The van der Waals surface area contributed by atoms with E-state index in [0.717, 1.165) is 12.3 Å². The Morgan fingerprint density at radius 3 is 2.58 bits per heavy atom. The van der Waals surface area contributed by atoms with Crippen LogP contribution in [0.2, 0.25) is 6.55 Å². The van der Waals surface area contributed by atoms with Crippen molar-refractivity contribution in [3.05, 3.63) is 84.7 Å². The zero-order chi connectivity index (χ0) is 16.2. The van der Waals surface area contributed by atoms with Crippen LogP contribution in [0.25, 0.3) is 0 Å². The van der Waals surface area contributed by atoms with Crippen LogP contribution in [0.15, 0.2) is 83.9 Å². The van der Waals surface area contributed by atoms with E-state index in [4.69, 9.17) is 4.43 Å². The first-order chi connectivity index (χ1) is 11.7. The predicted octanol–water partition coefficient (Wildman–Crippen LogP) is 4.05. The van der Waals surface area contributed by atoms with Gasteiger partial charge in [0.1, 0.15) is 0 Å². The van der Waals surface area contributed by atoms with Crippen LogP contribution in [0.5, 0.6) is 5.75 Å². The Morgan fingerprint density at radius 2 is 1.71 bits per heavy atom. The summed E-state index contributed by atoms with van der Waals surface area (Å²) in [6.45, 7) is 3.22. The molecule has 0 atom stereocenters. The fourth-order valence-electron chi connectivity index (χ4n) is 3.94. The summed E-state index contributed by atoms with van der Waals surface area (Å²) < 4.78 is 11.8. The minimum absolute atomic E-state index is 0.891. The van der Waals surface area contributed by atoms with Crippen molar-refractivity contribution < 1.29 is 8.66 Å². The molecule has 120 valence electrons. The standard InChI is InChI=1S/C19H18N2OSSi/c1-24(22-17-10-3-2-4-11-17)20-14-8-7-9-16(20)15-21(24)18-12-5-6-13-19(18)23-24/h2-14H,15H2,1H3. The number of rotatable bonds is 2. The number of nitrogens with zero attached hydrogens (tertiary/aromatic N) is 2. The van der Waals surface area contributed by atoms with E-state index in [2.05, 4.69) is 76.1 Å². The van der Waals surface area contributed by atoms with E-state index < -0.39 is 7.07 Å². The summed E-state index contributed by atoms with van der Waals surface area (Å²) in [7, 11) is -3.21. The summed E-state index contributed by atoms with van der Waals surface area (Å²) in [5, 5.41) is 0. The van der Waals surface area contributed by atoms with Crippen molar-refractivity contribution in [2.24, 2.45) is 0 Å². The number of benzene rings is 2. The molecule has 3 heterocycles. The fourth-order valence-corrected chi connectivity index (χ4v) is 12.9. The van der Waals surface area contributed by atoms with Crippen molar-refractivity contribution in [3.8, 4) is 5.75 Å². The molecule has 1 aromatic heterocycles. The van der Waals surface area contributed by atoms with Crippen LogP contribution >= 0.6 is 11.2 Å². The molecule has 0 spiro atoms. The van der Waals surface area contributed by atoms with Gasteiger partial charge in [0.25, 0.3) is 0 Å². The molecular formula is C19H18N2OSSi. The molecule has 2 aliphatic heterocycles. The van der Waals surface area contributed by atoms with Gasteiger partial charge in [-0.3, -0.25) is 0 Å². The summed E-state index contributed by atoms with van der Waals surface area (Å²) in [6.07, 6.45) is 2.19. The van der Waals surface area contributed by atoms with Gasteiger partial charge in [0, 0.05) is 0 Å². The summed E-state index contributed by atoms with van der Waals surface area (Å²) in [6, 6.07) is 25.3. The molecule has 0 N–H and O–H groups in total. The molecule has 0 unspecified atom stereocenters. The third-order valence-electron chi connectivity index (χ3n) is 5.02. The summed E-state index contributed by atoms with van der Waals surface area (Å²) >= 11 is 1.91. The van der Waals surface area contributed by atoms with Gasteiger partial charge >= 0.3 is 146 Å². The zero-order valence-electron chi connectivity index (χ0n) is 13.4. The van der Waals surface area contributed by atoms with Gasteiger partial charge in [-0.15, -0.1) is 0 Å². The normalized spacial score (nSPS) is 20.4. The quantitative estimate of drug-likeness (QED) is 0.649. The van der Waals surface area contributed by atoms with Crippen LogP contribution in [0, 0.1) is 0 Å². The molecule has 0 aliphatic carbocycles. The molecule has 3 aromatic rings. The third kappa shape index (κ3) is 1.71. The van der Waals surface area contributed by atoms with Crippen LogP contribution in [0.3, 0.4) is 0 Å². The van der Waals surface area contributed by atoms with Gasteiger partial charge in [-0.05, 0) is 0 Å². The van der Waals surface area contributed by atoms with Gasteiger partial charge in [0.2, 0.25) is 0 Å². The Bertz CT molecular complexity index is 951. The number of hydrogen-bond donors (Lipinski definition) is 0. The molecule has 5 rings (SSSR count). The number of fused-ring (bicyclic) bond motifs is 5. The Balaban J connectivity index is 1.76. The minimum atomic E-state index is -3.21. The molecule has 0 radical (unpaired) electrons. The van der Waals surface area contributed by atoms with E-state index >= 15 is 0 Å². The first kappa shape index (κ1) is 14.1. The van der Waals surface area contributed by atoms with Gasteiger partial charge < -0.3 is 0 Å². The molecule has 0 bridgehead atoms. The first-order valence-electron chi connectivity index (χ1n) is 8.17. The number of pyridine rings is 1. The topological polar surface area (TPSA) is 16.4 Å². The van der Waals surface area contributed by atoms with Gasteiger partial charge in [-0.1, -0.05) is 0 Å². The predicted molar refractivity (Wildman–Crippen MR) is 99.2 cm³/mol. The van der Waals surface area contributed by atoms with E-state index in [0.29, 0.717) is 0 Å². The van der Waals surface area contributed by atoms with Crippen LogP contribution in [0.4, 0.5) is 5.69 Å². The Labute approximate surface area is 145 Å². The van der Waals surface area contributed by atoms with Crippen molar-refractivity contribution in [3.63, 3.8) is 0 Å². The average Bonchev–Trinajstić information content (AvgIpc) is 3.00. The van der Waals surface area contributed by atoms with Gasteiger partial charge in [0.05, 0.1) is 0 Å². The molecule has 5 heteroatoms. The van der Waals surface area contributed by atoms with Crippen molar-refractivity contribution in [1.82, 2.24) is 0 Å². The Morgan fingerprint density at radius 1 is 0.958 bits per heavy atom. The maximum atomic E-state index is 6.89. The second-order valence-electron chi connectivity index (χ2n) is 6.54. The van der Waals surface area contributed by atoms with Crippen molar-refractivity contribution in [2.45, 2.75) is 18.0 Å². The SMILES string of the molecule is C[Si-]12(Oc3ccccc3)Sc3ccccc3N1Cc1cccc[n+]12. The van der Waals surface area contributed by atoms with E-state index in [9.17, 15) is 0 Å². The van der Waals surface area contributed by atoms with Gasteiger partial charge in [0.15, 0.2) is 0 Å². The van der Waals surface area contributed by atoms with E-state index in [1.807, 2.05) is 29.4 Å². The molecule has 3 nitrogen and oxygen atoms in total. The van der Waals surface area contributed by atoms with E-state index in [1.165, 1.54) is 16.3 Å². The van der Waals surface area contributed by atoms with Crippen molar-refractivity contribution in [2.75, 3.05) is 4.57 Å². The molecule has 0 saturated heterocycles. The molecular weight excluding hydrogens is 332 g/mol. The van der Waals surface area contributed by atoms with E-state index in [1.54, 1.807) is 0 Å².